The van der Waals surface area contributed by atoms with Crippen molar-refractivity contribution in [3.63, 3.8) is 0 Å². The lowest BCUT2D eigenvalue weighted by Crippen LogP contribution is -2.39. The molecule has 1 aromatic heterocycles. The van der Waals surface area contributed by atoms with E-state index in [2.05, 4.69) is 66.6 Å². The van der Waals surface area contributed by atoms with Crippen LogP contribution in [0.3, 0.4) is 0 Å². The molecule has 232 valence electrons. The van der Waals surface area contributed by atoms with Gasteiger partial charge in [0.1, 0.15) is 18.7 Å². The van der Waals surface area contributed by atoms with Gasteiger partial charge in [-0.3, -0.25) is 0 Å². The van der Waals surface area contributed by atoms with Crippen LogP contribution in [-0.2, 0) is 4.57 Å². The number of fused-ring (bicyclic) bond motifs is 1. The highest BCUT2D eigenvalue weighted by Crippen LogP contribution is 2.46. The Kier molecular flexibility index (Phi) is 8.36. The molecule has 3 aromatic carbocycles. The maximum absolute atomic E-state index is 13.6. The first-order chi connectivity index (χ1) is 21.1. The van der Waals surface area contributed by atoms with Gasteiger partial charge in [0.05, 0.1) is 18.5 Å². The van der Waals surface area contributed by atoms with Crippen molar-refractivity contribution in [1.82, 2.24) is 9.97 Å². The van der Waals surface area contributed by atoms with Crippen molar-refractivity contribution in [1.29, 1.82) is 0 Å². The van der Waals surface area contributed by atoms with Crippen LogP contribution in [0.2, 0.25) is 0 Å². The summed E-state index contributed by atoms with van der Waals surface area (Å²) in [5, 5.41) is 9.99. The number of aryl methyl sites for hydroxylation is 1. The number of aromatic nitrogens is 2. The average Bonchev–Trinajstić information content (AvgIpc) is 3.86. The second-order valence-electron chi connectivity index (χ2n) is 13.1. The summed E-state index contributed by atoms with van der Waals surface area (Å²) < 4.78 is 19.5. The minimum atomic E-state index is -2.61. The lowest BCUT2D eigenvalue weighted by atomic mass is 9.74. The smallest absolute Gasteiger partial charge is 0.229 e. The van der Waals surface area contributed by atoms with Crippen LogP contribution >= 0.6 is 7.14 Å². The van der Waals surface area contributed by atoms with E-state index in [-0.39, 0.29) is 0 Å². The van der Waals surface area contributed by atoms with E-state index >= 15 is 0 Å². The predicted molar refractivity (Wildman–Crippen MR) is 186 cm³/mol. The van der Waals surface area contributed by atoms with Gasteiger partial charge >= 0.3 is 0 Å². The van der Waals surface area contributed by atoms with Crippen molar-refractivity contribution in [3.8, 4) is 5.75 Å². The molecular formula is C36H46N5O2P. The molecule has 1 aliphatic carbocycles. The normalized spacial score (nSPS) is 16.6. The topological polar surface area (TPSA) is 79.4 Å². The van der Waals surface area contributed by atoms with Crippen molar-refractivity contribution >= 4 is 52.0 Å². The quantitative estimate of drug-likeness (QED) is 0.173. The molecule has 4 aromatic rings. The maximum Gasteiger partial charge on any atom is 0.229 e. The Bertz CT molecular complexity index is 1710. The van der Waals surface area contributed by atoms with Gasteiger partial charge in [0, 0.05) is 41.9 Å². The minimum absolute atomic E-state index is 0.435. The van der Waals surface area contributed by atoms with Crippen LogP contribution < -0.4 is 25.6 Å². The fraction of sp³-hybridized carbons (Fsp3) is 0.444. The van der Waals surface area contributed by atoms with E-state index in [1.807, 2.05) is 37.7 Å². The van der Waals surface area contributed by atoms with Crippen LogP contribution in [0.15, 0.2) is 54.7 Å². The molecule has 1 saturated heterocycles. The molecule has 0 spiro atoms. The Morgan fingerprint density at radius 3 is 2.39 bits per heavy atom. The first-order valence-corrected chi connectivity index (χ1v) is 18.7. The molecular weight excluding hydrogens is 565 g/mol. The summed E-state index contributed by atoms with van der Waals surface area (Å²) in [4.78, 5) is 12.2. The van der Waals surface area contributed by atoms with Gasteiger partial charge in [-0.15, -0.1) is 0 Å². The number of benzene rings is 3. The zero-order valence-electron chi connectivity index (χ0n) is 27.0. The SMILES string of the molecule is CCC1(CC)CCN(c2cc(OC)c(Nc3ncc(C4CC4)c(Nc4ccc5ccccc5c4P(C)(C)=O)n3)cc2C)CC1. The van der Waals surface area contributed by atoms with E-state index in [0.717, 1.165) is 70.5 Å². The molecule has 8 heteroatoms. The summed E-state index contributed by atoms with van der Waals surface area (Å²) in [5.41, 5.74) is 5.67. The third-order valence-corrected chi connectivity index (χ3v) is 11.5. The molecule has 2 heterocycles. The van der Waals surface area contributed by atoms with Crippen molar-refractivity contribution in [3.05, 3.63) is 65.9 Å². The highest BCUT2D eigenvalue weighted by Gasteiger charge is 2.32. The van der Waals surface area contributed by atoms with Crippen molar-refractivity contribution < 1.29 is 9.30 Å². The summed E-state index contributed by atoms with van der Waals surface area (Å²) >= 11 is 0. The standard InChI is InChI=1S/C36H46N5O2P/c1-7-36(8-2)17-19-41(20-18-36)31-22-32(43-4)30(21-24(31)3)39-35-37-23-28(26-13-14-26)34(40-35)38-29-16-15-25-11-9-10-12-27(25)33(29)44(5,6)42/h9-12,15-16,21-23,26H,7-8,13-14,17-20H2,1-6H3,(H2,37,38,39,40). The van der Waals surface area contributed by atoms with Crippen molar-refractivity contribution in [2.45, 2.75) is 65.2 Å². The lowest BCUT2D eigenvalue weighted by molar-refractivity contribution is 0.199. The molecule has 2 aliphatic rings. The number of piperidine rings is 1. The molecule has 0 radical (unpaired) electrons. The molecule has 44 heavy (non-hydrogen) atoms. The summed E-state index contributed by atoms with van der Waals surface area (Å²) in [6.07, 6.45) is 9.12. The molecule has 0 atom stereocenters. The van der Waals surface area contributed by atoms with E-state index in [0.29, 0.717) is 17.3 Å². The van der Waals surface area contributed by atoms with E-state index in [1.54, 1.807) is 7.11 Å². The fourth-order valence-electron chi connectivity index (χ4n) is 6.89. The molecule has 7 nitrogen and oxygen atoms in total. The second kappa shape index (κ2) is 12.1. The second-order valence-corrected chi connectivity index (χ2v) is 16.2. The molecule has 0 bridgehead atoms. The number of hydrogen-bond acceptors (Lipinski definition) is 7. The summed E-state index contributed by atoms with van der Waals surface area (Å²) in [6.45, 7) is 12.6. The highest BCUT2D eigenvalue weighted by molar-refractivity contribution is 7.71. The first-order valence-electron chi connectivity index (χ1n) is 16.1. The van der Waals surface area contributed by atoms with Crippen LogP contribution in [0.25, 0.3) is 10.8 Å². The van der Waals surface area contributed by atoms with E-state index in [4.69, 9.17) is 14.7 Å². The Hall–Kier alpha value is -3.57. The number of nitrogens with one attached hydrogen (secondary N) is 2. The van der Waals surface area contributed by atoms with E-state index in [9.17, 15) is 4.57 Å². The van der Waals surface area contributed by atoms with E-state index < -0.39 is 7.14 Å². The first kappa shape index (κ1) is 30.5. The number of anilines is 5. The minimum Gasteiger partial charge on any atom is -0.494 e. The average molecular weight is 612 g/mol. The monoisotopic (exact) mass is 611 g/mol. The zero-order valence-corrected chi connectivity index (χ0v) is 27.9. The van der Waals surface area contributed by atoms with Crippen LogP contribution in [0, 0.1) is 12.3 Å². The number of nitrogens with zero attached hydrogens (tertiary/aromatic N) is 3. The Balaban J connectivity index is 1.31. The zero-order chi connectivity index (χ0) is 31.1. The van der Waals surface area contributed by atoms with Gasteiger partial charge in [0.15, 0.2) is 0 Å². The van der Waals surface area contributed by atoms with E-state index in [1.165, 1.54) is 36.9 Å². The Morgan fingerprint density at radius 1 is 1.00 bits per heavy atom. The molecule has 0 amide bonds. The number of methoxy groups -OCH3 is 1. The molecule has 2 N–H and O–H groups in total. The largest absolute Gasteiger partial charge is 0.494 e. The van der Waals surface area contributed by atoms with Gasteiger partial charge in [-0.05, 0) is 85.7 Å². The molecule has 6 rings (SSSR count). The van der Waals surface area contributed by atoms with Gasteiger partial charge in [-0.2, -0.15) is 4.98 Å². The maximum atomic E-state index is 13.6. The van der Waals surface area contributed by atoms with Gasteiger partial charge in [-0.25, -0.2) is 4.98 Å². The van der Waals surface area contributed by atoms with Crippen molar-refractivity contribution in [2.75, 3.05) is 49.1 Å². The fourth-order valence-corrected chi connectivity index (χ4v) is 8.39. The summed E-state index contributed by atoms with van der Waals surface area (Å²) in [6, 6.07) is 16.5. The van der Waals surface area contributed by atoms with Crippen molar-refractivity contribution in [2.24, 2.45) is 5.41 Å². The Labute approximate surface area is 262 Å². The highest BCUT2D eigenvalue weighted by atomic mass is 31.2. The molecule has 1 saturated carbocycles. The van der Waals surface area contributed by atoms with Crippen LogP contribution in [0.4, 0.5) is 28.8 Å². The van der Waals surface area contributed by atoms with Gasteiger partial charge in [0.25, 0.3) is 0 Å². The van der Waals surface area contributed by atoms with Crippen LogP contribution in [0.1, 0.15) is 69.4 Å². The molecule has 2 fully saturated rings. The summed E-state index contributed by atoms with van der Waals surface area (Å²) in [7, 11) is -0.898. The number of ether oxygens (including phenoxy) is 1. The van der Waals surface area contributed by atoms with Gasteiger partial charge < -0.3 is 24.8 Å². The third kappa shape index (κ3) is 6.04. The summed E-state index contributed by atoms with van der Waals surface area (Å²) in [5.74, 6) is 2.46. The lowest BCUT2D eigenvalue weighted by Gasteiger charge is -2.42. The predicted octanol–water partition coefficient (Wildman–Crippen LogP) is 8.97. The molecule has 1 aliphatic heterocycles. The third-order valence-electron chi connectivity index (χ3n) is 9.96. The van der Waals surface area contributed by atoms with Crippen LogP contribution in [-0.4, -0.2) is 43.5 Å². The number of hydrogen-bond donors (Lipinski definition) is 2. The van der Waals surface area contributed by atoms with Gasteiger partial charge in [0.2, 0.25) is 5.95 Å². The number of rotatable bonds is 10. The Morgan fingerprint density at radius 2 is 1.73 bits per heavy atom. The van der Waals surface area contributed by atoms with Crippen LogP contribution in [0.5, 0.6) is 5.75 Å². The van der Waals surface area contributed by atoms with Gasteiger partial charge in [-0.1, -0.05) is 57.0 Å². The molecule has 0 unspecified atom stereocenters.